The third-order valence-corrected chi connectivity index (χ3v) is 4.22. The molecule has 0 saturated heterocycles. The lowest BCUT2D eigenvalue weighted by molar-refractivity contribution is 0.0954. The molecule has 22 heavy (non-hydrogen) atoms. The molecule has 1 saturated carbocycles. The van der Waals surface area contributed by atoms with Crippen LogP contribution in [-0.2, 0) is 0 Å². The number of aromatic nitrogens is 1. The zero-order valence-corrected chi connectivity index (χ0v) is 12.8. The van der Waals surface area contributed by atoms with Crippen molar-refractivity contribution in [3.63, 3.8) is 0 Å². The molecular formula is C18H21N3O. The van der Waals surface area contributed by atoms with Gasteiger partial charge >= 0.3 is 0 Å². The second-order valence-electron chi connectivity index (χ2n) is 5.80. The molecule has 1 N–H and O–H groups in total. The normalized spacial score (nSPS) is 20.0. The summed E-state index contributed by atoms with van der Waals surface area (Å²) < 4.78 is 1.94. The average molecular weight is 295 g/mol. The number of hydrogen-bond donors (Lipinski definition) is 1. The van der Waals surface area contributed by atoms with E-state index in [0.717, 1.165) is 24.2 Å². The van der Waals surface area contributed by atoms with Gasteiger partial charge in [-0.05, 0) is 49.4 Å². The number of hydrogen-bond acceptors (Lipinski definition) is 2. The number of hydrazone groups is 1. The van der Waals surface area contributed by atoms with Gasteiger partial charge in [-0.25, -0.2) is 5.43 Å². The van der Waals surface area contributed by atoms with Gasteiger partial charge in [-0.15, -0.1) is 0 Å². The van der Waals surface area contributed by atoms with E-state index >= 15 is 0 Å². The zero-order valence-electron chi connectivity index (χ0n) is 12.8. The van der Waals surface area contributed by atoms with E-state index in [4.69, 9.17) is 0 Å². The molecule has 1 aliphatic carbocycles. The number of nitrogens with zero attached hydrogens (tertiary/aromatic N) is 2. The fourth-order valence-electron chi connectivity index (χ4n) is 2.90. The van der Waals surface area contributed by atoms with Gasteiger partial charge in [-0.1, -0.05) is 25.5 Å². The lowest BCUT2D eigenvalue weighted by Gasteiger charge is -2.20. The molecule has 0 spiro atoms. The Balaban J connectivity index is 1.80. The third-order valence-electron chi connectivity index (χ3n) is 4.22. The number of para-hydroxylation sites is 1. The fraction of sp³-hybridized carbons (Fsp3) is 0.333. The van der Waals surface area contributed by atoms with Crippen molar-refractivity contribution in [2.24, 2.45) is 11.0 Å². The van der Waals surface area contributed by atoms with Crippen LogP contribution in [0.1, 0.15) is 43.0 Å². The summed E-state index contributed by atoms with van der Waals surface area (Å²) >= 11 is 0. The largest absolute Gasteiger partial charge is 0.323 e. The van der Waals surface area contributed by atoms with E-state index in [-0.39, 0.29) is 5.91 Å². The lowest BCUT2D eigenvalue weighted by atomic mass is 9.89. The molecule has 3 rings (SSSR count). The van der Waals surface area contributed by atoms with Crippen molar-refractivity contribution in [3.8, 4) is 5.69 Å². The van der Waals surface area contributed by atoms with Crippen LogP contribution in [0.3, 0.4) is 0 Å². The summed E-state index contributed by atoms with van der Waals surface area (Å²) in [6, 6.07) is 11.5. The highest BCUT2D eigenvalue weighted by atomic mass is 16.2. The molecule has 114 valence electrons. The first kappa shape index (κ1) is 14.6. The van der Waals surface area contributed by atoms with Crippen molar-refractivity contribution < 1.29 is 4.79 Å². The monoisotopic (exact) mass is 295 g/mol. The molecule has 1 amide bonds. The fourth-order valence-corrected chi connectivity index (χ4v) is 2.90. The summed E-state index contributed by atoms with van der Waals surface area (Å²) in [5.74, 6) is 0.309. The second kappa shape index (κ2) is 6.60. The molecule has 0 aliphatic heterocycles. The van der Waals surface area contributed by atoms with Gasteiger partial charge in [0, 0.05) is 18.1 Å². The van der Waals surface area contributed by atoms with Crippen LogP contribution in [-0.4, -0.2) is 16.2 Å². The maximum atomic E-state index is 12.5. The number of rotatable bonds is 3. The molecular weight excluding hydrogens is 274 g/mol. The number of carbonyl (C=O) groups excluding carboxylic acids is 1. The molecule has 2 aromatic rings. The SMILES string of the molecule is C[C@@H]1CCCC/C1=N/NC(=O)c1ccccc1-n1cccc1. The predicted molar refractivity (Wildman–Crippen MR) is 88.3 cm³/mol. The minimum Gasteiger partial charge on any atom is -0.323 e. The van der Waals surface area contributed by atoms with E-state index in [1.165, 1.54) is 12.8 Å². The molecule has 0 unspecified atom stereocenters. The molecule has 4 heteroatoms. The Kier molecular flexibility index (Phi) is 4.37. The van der Waals surface area contributed by atoms with Gasteiger partial charge < -0.3 is 4.57 Å². The van der Waals surface area contributed by atoms with E-state index in [0.29, 0.717) is 11.5 Å². The number of carbonyl (C=O) groups is 1. The molecule has 4 nitrogen and oxygen atoms in total. The maximum Gasteiger partial charge on any atom is 0.273 e. The minimum absolute atomic E-state index is 0.158. The highest BCUT2D eigenvalue weighted by molar-refractivity contribution is 5.98. The Bertz CT molecular complexity index is 673. The molecule has 1 fully saturated rings. The molecule has 1 heterocycles. The van der Waals surface area contributed by atoms with Crippen LogP contribution in [0, 0.1) is 5.92 Å². The summed E-state index contributed by atoms with van der Waals surface area (Å²) in [6.45, 7) is 2.18. The first-order valence-electron chi connectivity index (χ1n) is 7.85. The summed E-state index contributed by atoms with van der Waals surface area (Å²) in [6.07, 6.45) is 8.43. The molecule has 1 atom stereocenters. The highest BCUT2D eigenvalue weighted by Gasteiger charge is 2.17. The van der Waals surface area contributed by atoms with Gasteiger partial charge in [0.1, 0.15) is 0 Å². The molecule has 1 aromatic carbocycles. The van der Waals surface area contributed by atoms with Crippen molar-refractivity contribution in [1.29, 1.82) is 0 Å². The van der Waals surface area contributed by atoms with Crippen molar-refractivity contribution in [3.05, 3.63) is 54.4 Å². The molecule has 1 aromatic heterocycles. The maximum absolute atomic E-state index is 12.5. The van der Waals surface area contributed by atoms with Crippen molar-refractivity contribution in [2.75, 3.05) is 0 Å². The first-order valence-corrected chi connectivity index (χ1v) is 7.85. The van der Waals surface area contributed by atoms with Crippen LogP contribution >= 0.6 is 0 Å². The number of amides is 1. The summed E-state index contributed by atoms with van der Waals surface area (Å²) in [5.41, 5.74) is 5.34. The second-order valence-corrected chi connectivity index (χ2v) is 5.80. The minimum atomic E-state index is -0.158. The predicted octanol–water partition coefficient (Wildman–Crippen LogP) is 3.77. The average Bonchev–Trinajstić information content (AvgIpc) is 3.08. The van der Waals surface area contributed by atoms with Crippen LogP contribution in [0.5, 0.6) is 0 Å². The highest BCUT2D eigenvalue weighted by Crippen LogP contribution is 2.21. The van der Waals surface area contributed by atoms with Gasteiger partial charge in [0.25, 0.3) is 5.91 Å². The van der Waals surface area contributed by atoms with Gasteiger partial charge in [0.2, 0.25) is 0 Å². The van der Waals surface area contributed by atoms with Gasteiger partial charge in [0.05, 0.1) is 11.3 Å². The van der Waals surface area contributed by atoms with Gasteiger partial charge in [-0.3, -0.25) is 4.79 Å². The van der Waals surface area contributed by atoms with Crippen molar-refractivity contribution in [1.82, 2.24) is 9.99 Å². The standard InChI is InChI=1S/C18H21N3O/c1-14-8-2-4-10-16(14)19-20-18(22)15-9-3-5-11-17(15)21-12-6-7-13-21/h3,5-7,9,11-14H,2,4,8,10H2,1H3,(H,20,22)/b19-16-/t14-/m1/s1. The molecule has 0 radical (unpaired) electrons. The molecule has 1 aliphatic rings. The Morgan fingerprint density at radius 2 is 1.95 bits per heavy atom. The lowest BCUT2D eigenvalue weighted by Crippen LogP contribution is -2.25. The quantitative estimate of drug-likeness (QED) is 0.861. The first-order chi connectivity index (χ1) is 10.8. The van der Waals surface area contributed by atoms with E-state index in [1.54, 1.807) is 0 Å². The van der Waals surface area contributed by atoms with Crippen molar-refractivity contribution in [2.45, 2.75) is 32.6 Å². The van der Waals surface area contributed by atoms with E-state index in [9.17, 15) is 4.79 Å². The summed E-state index contributed by atoms with van der Waals surface area (Å²) in [7, 11) is 0. The smallest absolute Gasteiger partial charge is 0.273 e. The Morgan fingerprint density at radius 3 is 2.73 bits per heavy atom. The Hall–Kier alpha value is -2.36. The summed E-state index contributed by atoms with van der Waals surface area (Å²) in [5, 5.41) is 4.37. The van der Waals surface area contributed by atoms with Crippen LogP contribution in [0.2, 0.25) is 0 Å². The van der Waals surface area contributed by atoms with Gasteiger partial charge in [-0.2, -0.15) is 5.10 Å². The van der Waals surface area contributed by atoms with E-state index in [2.05, 4.69) is 17.5 Å². The number of benzene rings is 1. The molecule has 0 bridgehead atoms. The van der Waals surface area contributed by atoms with Crippen LogP contribution in [0.15, 0.2) is 53.9 Å². The third kappa shape index (κ3) is 3.11. The van der Waals surface area contributed by atoms with Crippen LogP contribution < -0.4 is 5.43 Å². The van der Waals surface area contributed by atoms with Crippen molar-refractivity contribution >= 4 is 11.6 Å². The Morgan fingerprint density at radius 1 is 1.18 bits per heavy atom. The van der Waals surface area contributed by atoms with Crippen LogP contribution in [0.4, 0.5) is 0 Å². The van der Waals surface area contributed by atoms with Crippen LogP contribution in [0.25, 0.3) is 5.69 Å². The topological polar surface area (TPSA) is 46.4 Å². The zero-order chi connectivity index (χ0) is 15.4. The van der Waals surface area contributed by atoms with E-state index in [1.807, 2.05) is 53.4 Å². The summed E-state index contributed by atoms with van der Waals surface area (Å²) in [4.78, 5) is 12.5. The van der Waals surface area contributed by atoms with Gasteiger partial charge in [0.15, 0.2) is 0 Å². The number of nitrogens with one attached hydrogen (secondary N) is 1. The Labute approximate surface area is 130 Å². The van der Waals surface area contributed by atoms with E-state index < -0.39 is 0 Å².